The normalized spacial score (nSPS) is 15.0. The number of benzene rings is 2. The number of fused-ring (bicyclic) bond motifs is 1. The first kappa shape index (κ1) is 17.1. The van der Waals surface area contributed by atoms with Crippen molar-refractivity contribution >= 4 is 16.6 Å². The molecule has 1 fully saturated rings. The van der Waals surface area contributed by atoms with Crippen LogP contribution in [0.25, 0.3) is 22.2 Å². The third kappa shape index (κ3) is 3.76. The van der Waals surface area contributed by atoms with Crippen LogP contribution in [0.4, 0.5) is 5.69 Å². The minimum Gasteiger partial charge on any atom is -0.394 e. The molecule has 0 amide bonds. The predicted octanol–water partition coefficient (Wildman–Crippen LogP) is 4.70. The third-order valence-corrected chi connectivity index (χ3v) is 5.09. The second kappa shape index (κ2) is 7.94. The summed E-state index contributed by atoms with van der Waals surface area (Å²) in [5.41, 5.74) is 5.75. The molecule has 1 aliphatic carbocycles. The van der Waals surface area contributed by atoms with Gasteiger partial charge in [-0.2, -0.15) is 0 Å². The Morgan fingerprint density at radius 1 is 1.08 bits per heavy atom. The number of ether oxygens (including phenoxy) is 1. The van der Waals surface area contributed by atoms with Crippen LogP contribution < -0.4 is 5.32 Å². The summed E-state index contributed by atoms with van der Waals surface area (Å²) in [7, 11) is 0. The number of aliphatic hydroxyl groups is 1. The Labute approximate surface area is 154 Å². The molecule has 3 N–H and O–H groups in total. The molecule has 0 aliphatic heterocycles. The van der Waals surface area contributed by atoms with Gasteiger partial charge >= 0.3 is 0 Å². The van der Waals surface area contributed by atoms with Gasteiger partial charge in [-0.1, -0.05) is 43.2 Å². The number of rotatable bonds is 7. The van der Waals surface area contributed by atoms with Crippen LogP contribution in [0.2, 0.25) is 0 Å². The molecule has 0 atom stereocenters. The van der Waals surface area contributed by atoms with Crippen molar-refractivity contribution in [3.63, 3.8) is 0 Å². The molecular formula is C22H26N2O2. The van der Waals surface area contributed by atoms with Crippen LogP contribution in [-0.2, 0) is 11.3 Å². The zero-order valence-corrected chi connectivity index (χ0v) is 15.0. The average molecular weight is 350 g/mol. The molecule has 1 aromatic heterocycles. The zero-order chi connectivity index (χ0) is 17.8. The maximum absolute atomic E-state index is 8.95. The molecule has 3 aromatic rings. The number of H-pyrrole nitrogens is 1. The Morgan fingerprint density at radius 2 is 1.88 bits per heavy atom. The fourth-order valence-electron chi connectivity index (χ4n) is 3.82. The van der Waals surface area contributed by atoms with Crippen LogP contribution >= 0.6 is 0 Å². The van der Waals surface area contributed by atoms with E-state index in [1.165, 1.54) is 36.6 Å². The number of hydrogen-bond acceptors (Lipinski definition) is 3. The largest absolute Gasteiger partial charge is 0.394 e. The molecule has 4 nitrogen and oxygen atoms in total. The molecule has 1 heterocycles. The first-order chi connectivity index (χ1) is 12.8. The molecule has 1 aliphatic rings. The highest BCUT2D eigenvalue weighted by molar-refractivity contribution is 5.95. The Balaban J connectivity index is 1.70. The number of hydrogen-bond donors (Lipinski definition) is 3. The molecule has 136 valence electrons. The molecular weight excluding hydrogens is 324 g/mol. The summed E-state index contributed by atoms with van der Waals surface area (Å²) in [6, 6.07) is 17.5. The summed E-state index contributed by atoms with van der Waals surface area (Å²) in [4.78, 5) is 3.61. The smallest absolute Gasteiger partial charge is 0.0719 e. The number of nitrogens with one attached hydrogen (secondary N) is 2. The number of aliphatic hydroxyl groups excluding tert-OH is 1. The number of anilines is 1. The Hall–Kier alpha value is -2.30. The van der Waals surface area contributed by atoms with Crippen LogP contribution in [0.5, 0.6) is 0 Å². The minimum absolute atomic E-state index is 0.0533. The van der Waals surface area contributed by atoms with Crippen molar-refractivity contribution in [2.24, 2.45) is 0 Å². The van der Waals surface area contributed by atoms with E-state index in [0.717, 1.165) is 22.5 Å². The maximum Gasteiger partial charge on any atom is 0.0719 e. The quantitative estimate of drug-likeness (QED) is 0.541. The summed E-state index contributed by atoms with van der Waals surface area (Å²) in [5, 5.41) is 13.9. The summed E-state index contributed by atoms with van der Waals surface area (Å²) in [5.74, 6) is 0. The highest BCUT2D eigenvalue weighted by Crippen LogP contribution is 2.32. The monoisotopic (exact) mass is 350 g/mol. The lowest BCUT2D eigenvalue weighted by molar-refractivity contribution is 0.0816. The van der Waals surface area contributed by atoms with Crippen LogP contribution in [0, 0.1) is 0 Å². The van der Waals surface area contributed by atoms with E-state index in [9.17, 15) is 0 Å². The SMILES string of the molecule is OCCOCc1cc(NC2CCCC2)c2[nH]c(-c3ccccc3)cc2c1. The van der Waals surface area contributed by atoms with Gasteiger partial charge in [0.05, 0.1) is 31.0 Å². The third-order valence-electron chi connectivity index (χ3n) is 5.09. The summed E-state index contributed by atoms with van der Waals surface area (Å²) < 4.78 is 5.55. The van der Waals surface area contributed by atoms with Gasteiger partial charge in [0, 0.05) is 17.1 Å². The molecule has 0 saturated heterocycles. The lowest BCUT2D eigenvalue weighted by Crippen LogP contribution is -2.15. The van der Waals surface area contributed by atoms with E-state index in [4.69, 9.17) is 9.84 Å². The average Bonchev–Trinajstić information content (AvgIpc) is 3.32. The van der Waals surface area contributed by atoms with Gasteiger partial charge in [0.2, 0.25) is 0 Å². The number of aromatic nitrogens is 1. The van der Waals surface area contributed by atoms with Crippen molar-refractivity contribution < 1.29 is 9.84 Å². The Bertz CT molecular complexity index is 851. The Kier molecular flexibility index (Phi) is 5.23. The molecule has 0 spiro atoms. The van der Waals surface area contributed by atoms with E-state index in [1.807, 2.05) is 6.07 Å². The fraction of sp³-hybridized carbons (Fsp3) is 0.364. The van der Waals surface area contributed by atoms with Crippen molar-refractivity contribution in [3.8, 4) is 11.3 Å². The van der Waals surface area contributed by atoms with Crippen molar-refractivity contribution in [1.29, 1.82) is 0 Å². The minimum atomic E-state index is 0.0533. The van der Waals surface area contributed by atoms with Crippen LogP contribution in [0.15, 0.2) is 48.5 Å². The van der Waals surface area contributed by atoms with E-state index in [1.54, 1.807) is 0 Å². The summed E-state index contributed by atoms with van der Waals surface area (Å²) >= 11 is 0. The molecule has 2 aromatic carbocycles. The van der Waals surface area contributed by atoms with Crippen molar-refractivity contribution in [3.05, 3.63) is 54.1 Å². The van der Waals surface area contributed by atoms with Crippen LogP contribution in [-0.4, -0.2) is 29.3 Å². The maximum atomic E-state index is 8.95. The molecule has 0 bridgehead atoms. The van der Waals surface area contributed by atoms with Crippen LogP contribution in [0.3, 0.4) is 0 Å². The lowest BCUT2D eigenvalue weighted by Gasteiger charge is -2.16. The standard InChI is InChI=1S/C22H26N2O2/c25-10-11-26-15-16-12-18-14-20(17-6-2-1-3-7-17)24-22(18)21(13-16)23-19-8-4-5-9-19/h1-3,6-7,12-14,19,23-25H,4-5,8-11,15H2. The first-order valence-electron chi connectivity index (χ1n) is 9.50. The van der Waals surface area contributed by atoms with Crippen molar-refractivity contribution in [1.82, 2.24) is 4.98 Å². The van der Waals surface area contributed by atoms with E-state index >= 15 is 0 Å². The molecule has 4 heteroatoms. The van der Waals surface area contributed by atoms with E-state index in [0.29, 0.717) is 19.3 Å². The second-order valence-electron chi connectivity index (χ2n) is 7.06. The topological polar surface area (TPSA) is 57.3 Å². The van der Waals surface area contributed by atoms with E-state index < -0.39 is 0 Å². The van der Waals surface area contributed by atoms with Crippen molar-refractivity contribution in [2.45, 2.75) is 38.3 Å². The predicted molar refractivity (Wildman–Crippen MR) is 106 cm³/mol. The molecule has 0 unspecified atom stereocenters. The molecule has 4 rings (SSSR count). The van der Waals surface area contributed by atoms with Gasteiger partial charge in [-0.3, -0.25) is 0 Å². The fourth-order valence-corrected chi connectivity index (χ4v) is 3.82. The molecule has 0 radical (unpaired) electrons. The van der Waals surface area contributed by atoms with Gasteiger partial charge in [-0.15, -0.1) is 0 Å². The van der Waals surface area contributed by atoms with E-state index in [-0.39, 0.29) is 6.61 Å². The van der Waals surface area contributed by atoms with Gasteiger partial charge in [0.15, 0.2) is 0 Å². The molecule has 1 saturated carbocycles. The summed E-state index contributed by atoms with van der Waals surface area (Å²) in [6.07, 6.45) is 5.08. The lowest BCUT2D eigenvalue weighted by atomic mass is 10.1. The van der Waals surface area contributed by atoms with Gasteiger partial charge in [-0.05, 0) is 42.2 Å². The first-order valence-corrected chi connectivity index (χ1v) is 9.50. The van der Waals surface area contributed by atoms with Gasteiger partial charge < -0.3 is 20.1 Å². The number of aromatic amines is 1. The summed E-state index contributed by atoms with van der Waals surface area (Å²) in [6.45, 7) is 0.936. The van der Waals surface area contributed by atoms with Gasteiger partial charge in [0.25, 0.3) is 0 Å². The van der Waals surface area contributed by atoms with Crippen molar-refractivity contribution in [2.75, 3.05) is 18.5 Å². The highest BCUT2D eigenvalue weighted by atomic mass is 16.5. The second-order valence-corrected chi connectivity index (χ2v) is 7.06. The van der Waals surface area contributed by atoms with Gasteiger partial charge in [0.1, 0.15) is 0 Å². The zero-order valence-electron chi connectivity index (χ0n) is 15.0. The van der Waals surface area contributed by atoms with Crippen LogP contribution in [0.1, 0.15) is 31.2 Å². The molecule has 26 heavy (non-hydrogen) atoms. The Morgan fingerprint density at radius 3 is 2.65 bits per heavy atom. The highest BCUT2D eigenvalue weighted by Gasteiger charge is 2.17. The van der Waals surface area contributed by atoms with Gasteiger partial charge in [-0.25, -0.2) is 0 Å². The van der Waals surface area contributed by atoms with E-state index in [2.05, 4.69) is 52.8 Å².